The number of nitrogens with zero attached hydrogens (tertiary/aromatic N) is 1. The highest BCUT2D eigenvalue weighted by molar-refractivity contribution is 6.09. The number of benzene rings is 2. The molecule has 0 saturated heterocycles. The normalized spacial score (nSPS) is 16.4. The molecule has 0 aliphatic carbocycles. The van der Waals surface area contributed by atoms with Gasteiger partial charge >= 0.3 is 12.1 Å². The van der Waals surface area contributed by atoms with Crippen LogP contribution in [0.4, 0.5) is 10.5 Å². The third kappa shape index (κ3) is 9.58. The monoisotopic (exact) mass is 642 g/mol. The van der Waals surface area contributed by atoms with Crippen molar-refractivity contribution in [1.29, 1.82) is 0 Å². The molecule has 47 heavy (non-hydrogen) atoms. The second-order valence-electron chi connectivity index (χ2n) is 13.8. The Labute approximate surface area is 279 Å². The van der Waals surface area contributed by atoms with Crippen LogP contribution in [0.3, 0.4) is 0 Å². The van der Waals surface area contributed by atoms with E-state index in [1.165, 1.54) is 0 Å². The highest BCUT2D eigenvalue weighted by atomic mass is 16.6. The van der Waals surface area contributed by atoms with E-state index < -0.39 is 23.7 Å². The number of esters is 1. The molecule has 9 heteroatoms. The molecule has 2 aromatic carbocycles. The topological polar surface area (TPSA) is 114 Å². The number of rotatable bonds is 10. The van der Waals surface area contributed by atoms with E-state index >= 15 is 0 Å². The summed E-state index contributed by atoms with van der Waals surface area (Å²) in [6, 6.07) is 16.9. The fraction of sp³-hybridized carbons (Fsp3) is 0.447. The number of H-pyrrole nitrogens is 1. The van der Waals surface area contributed by atoms with Gasteiger partial charge in [0.1, 0.15) is 5.60 Å². The van der Waals surface area contributed by atoms with E-state index in [-0.39, 0.29) is 24.8 Å². The molecule has 0 radical (unpaired) electrons. The number of allylic oxidation sites excluding steroid dienone is 1. The number of fused-ring (bicyclic) bond motifs is 1. The van der Waals surface area contributed by atoms with Crippen LogP contribution >= 0.6 is 0 Å². The zero-order valence-electron chi connectivity index (χ0n) is 29.2. The van der Waals surface area contributed by atoms with Gasteiger partial charge in [0, 0.05) is 22.5 Å². The minimum atomic E-state index is -0.742. The van der Waals surface area contributed by atoms with Crippen molar-refractivity contribution in [2.45, 2.75) is 98.6 Å². The lowest BCUT2D eigenvalue weighted by atomic mass is 9.93. The van der Waals surface area contributed by atoms with Crippen molar-refractivity contribution in [3.05, 3.63) is 83.1 Å². The minimum Gasteiger partial charge on any atom is -0.462 e. The van der Waals surface area contributed by atoms with Crippen molar-refractivity contribution >= 4 is 29.0 Å². The quantitative estimate of drug-likeness (QED) is 0.191. The number of alkyl carbamates (subject to hydrolysis) is 1. The Kier molecular flexibility index (Phi) is 11.3. The van der Waals surface area contributed by atoms with Gasteiger partial charge in [0.15, 0.2) is 0 Å². The number of hydrogen-bond donors (Lipinski definition) is 3. The van der Waals surface area contributed by atoms with Crippen molar-refractivity contribution in [3.8, 4) is 11.3 Å². The minimum absolute atomic E-state index is 0.00857. The molecule has 3 N–H and O–H groups in total. The lowest BCUT2D eigenvalue weighted by molar-refractivity contribution is 0.0413. The summed E-state index contributed by atoms with van der Waals surface area (Å²) < 4.78 is 17.2. The number of aromatic nitrogens is 1. The van der Waals surface area contributed by atoms with Crippen LogP contribution in [0.5, 0.6) is 0 Å². The van der Waals surface area contributed by atoms with Crippen LogP contribution < -0.4 is 10.6 Å². The Morgan fingerprint density at radius 2 is 1.72 bits per heavy atom. The van der Waals surface area contributed by atoms with Gasteiger partial charge in [0.05, 0.1) is 54.4 Å². The maximum absolute atomic E-state index is 13.4. The maximum atomic E-state index is 13.4. The summed E-state index contributed by atoms with van der Waals surface area (Å²) in [5.74, 6) is -0.497. The van der Waals surface area contributed by atoms with Gasteiger partial charge in [0.25, 0.3) is 0 Å². The average Bonchev–Trinajstić information content (AvgIpc) is 3.38. The molecular formula is C38H50N4O5. The van der Waals surface area contributed by atoms with Crippen LogP contribution in [0.1, 0.15) is 102 Å². The van der Waals surface area contributed by atoms with E-state index in [1.54, 1.807) is 33.8 Å². The molecule has 1 aromatic heterocycles. The molecule has 9 nitrogen and oxygen atoms in total. The first-order valence-corrected chi connectivity index (χ1v) is 16.4. The van der Waals surface area contributed by atoms with Crippen molar-refractivity contribution in [2.24, 2.45) is 4.99 Å². The Balaban J connectivity index is 1.82. The fourth-order valence-electron chi connectivity index (χ4n) is 5.51. The third-order valence-corrected chi connectivity index (χ3v) is 7.44. The van der Waals surface area contributed by atoms with Crippen molar-refractivity contribution in [2.75, 3.05) is 18.5 Å². The maximum Gasteiger partial charge on any atom is 0.408 e. The molecule has 1 aliphatic heterocycles. The van der Waals surface area contributed by atoms with Gasteiger partial charge in [-0.1, -0.05) is 49.4 Å². The van der Waals surface area contributed by atoms with Gasteiger partial charge < -0.3 is 29.8 Å². The van der Waals surface area contributed by atoms with E-state index in [0.717, 1.165) is 40.1 Å². The van der Waals surface area contributed by atoms with Crippen LogP contribution in [0, 0.1) is 0 Å². The number of carbonyl (C=O) groups excluding carboxylic acids is 2. The molecule has 4 rings (SSSR count). The first-order chi connectivity index (χ1) is 22.2. The van der Waals surface area contributed by atoms with Gasteiger partial charge in [-0.3, -0.25) is 4.99 Å². The van der Waals surface area contributed by atoms with E-state index in [9.17, 15) is 9.59 Å². The number of carbonyl (C=O) groups is 2. The molecule has 2 atom stereocenters. The molecule has 0 saturated carbocycles. The summed E-state index contributed by atoms with van der Waals surface area (Å²) in [6.45, 7) is 18.3. The van der Waals surface area contributed by atoms with Crippen molar-refractivity contribution in [1.82, 2.24) is 10.3 Å². The summed E-state index contributed by atoms with van der Waals surface area (Å²) in [5, 5.41) is 6.61. The second-order valence-corrected chi connectivity index (χ2v) is 13.8. The number of aliphatic imine (C=N–C) groups is 1. The molecule has 0 bridgehead atoms. The molecule has 2 heterocycles. The number of ether oxygens (including phenoxy) is 3. The predicted molar refractivity (Wildman–Crippen MR) is 189 cm³/mol. The fourth-order valence-corrected chi connectivity index (χ4v) is 5.51. The molecule has 2 unspecified atom stereocenters. The number of nitrogens with one attached hydrogen (secondary N) is 3. The average molecular weight is 643 g/mol. The Morgan fingerprint density at radius 1 is 1.00 bits per heavy atom. The third-order valence-electron chi connectivity index (χ3n) is 7.44. The lowest BCUT2D eigenvalue weighted by Gasteiger charge is -2.24. The number of hydrogen-bond acceptors (Lipinski definition) is 7. The summed E-state index contributed by atoms with van der Waals surface area (Å²) in [4.78, 5) is 35.0. The summed E-state index contributed by atoms with van der Waals surface area (Å²) in [7, 11) is 0. The Hall–Kier alpha value is -4.37. The summed E-state index contributed by atoms with van der Waals surface area (Å²) >= 11 is 0. The summed E-state index contributed by atoms with van der Waals surface area (Å²) in [5.41, 5.74) is 6.56. The molecule has 1 aliphatic rings. The molecule has 252 valence electrons. The Bertz CT molecular complexity index is 1610. The van der Waals surface area contributed by atoms with Gasteiger partial charge in [-0.15, -0.1) is 0 Å². The smallest absolute Gasteiger partial charge is 0.408 e. The number of aromatic amines is 1. The SMILES string of the molecule is CCOC(=O)c1cc(-c2cccc3c2C(CC)=CC(=NC(C)(C)C)C(C)N3)[nH]c1C(COCc1ccccc1)NC(=O)OC(C)(C)C. The Morgan fingerprint density at radius 3 is 2.36 bits per heavy atom. The molecule has 0 fully saturated rings. The van der Waals surface area contributed by atoms with E-state index in [2.05, 4.69) is 62.4 Å². The van der Waals surface area contributed by atoms with Crippen LogP contribution in [-0.2, 0) is 20.8 Å². The molecular weight excluding hydrogens is 592 g/mol. The van der Waals surface area contributed by atoms with Gasteiger partial charge in [-0.25, -0.2) is 9.59 Å². The van der Waals surface area contributed by atoms with Crippen molar-refractivity contribution < 1.29 is 23.8 Å². The first-order valence-electron chi connectivity index (χ1n) is 16.4. The van der Waals surface area contributed by atoms with Gasteiger partial charge in [-0.05, 0) is 91.2 Å². The standard InChI is InChI=1S/C38H50N4O5/c1-10-26-20-30(42-37(4,5)6)24(3)39-29-19-15-18-27(33(26)29)31-21-28(35(43)46-11-2)34(40-31)32(41-36(44)47-38(7,8)9)23-45-22-25-16-13-12-14-17-25/h12-21,24,32,39-40H,10-11,22-23H2,1-9H3,(H,41,44). The molecule has 3 aromatic rings. The van der Waals surface area contributed by atoms with E-state index in [4.69, 9.17) is 19.2 Å². The van der Waals surface area contributed by atoms with Gasteiger partial charge in [0.2, 0.25) is 0 Å². The molecule has 1 amide bonds. The van der Waals surface area contributed by atoms with Crippen LogP contribution in [0.25, 0.3) is 16.8 Å². The van der Waals surface area contributed by atoms with Gasteiger partial charge in [-0.2, -0.15) is 0 Å². The van der Waals surface area contributed by atoms with E-state index in [0.29, 0.717) is 23.6 Å². The number of amides is 1. The zero-order chi connectivity index (χ0) is 34.4. The number of anilines is 1. The zero-order valence-corrected chi connectivity index (χ0v) is 29.2. The van der Waals surface area contributed by atoms with E-state index in [1.807, 2.05) is 42.5 Å². The molecule has 0 spiro atoms. The second kappa shape index (κ2) is 15.0. The lowest BCUT2D eigenvalue weighted by Crippen LogP contribution is -2.37. The highest BCUT2D eigenvalue weighted by Gasteiger charge is 2.29. The van der Waals surface area contributed by atoms with Crippen LogP contribution in [-0.4, -0.2) is 53.2 Å². The predicted octanol–water partition coefficient (Wildman–Crippen LogP) is 8.49. The van der Waals surface area contributed by atoms with Crippen LogP contribution in [0.15, 0.2) is 65.7 Å². The van der Waals surface area contributed by atoms with Crippen molar-refractivity contribution in [3.63, 3.8) is 0 Å². The first kappa shape index (κ1) is 35.5. The highest BCUT2D eigenvalue weighted by Crippen LogP contribution is 2.39. The summed E-state index contributed by atoms with van der Waals surface area (Å²) in [6.07, 6.45) is 2.33. The largest absolute Gasteiger partial charge is 0.462 e. The van der Waals surface area contributed by atoms with Crippen LogP contribution in [0.2, 0.25) is 0 Å².